The first-order valence-electron chi connectivity index (χ1n) is 10.7. The molecule has 0 radical (unpaired) electrons. The van der Waals surface area contributed by atoms with E-state index < -0.39 is 10.0 Å². The molecule has 2 aliphatic heterocycles. The molecule has 0 aliphatic carbocycles. The van der Waals surface area contributed by atoms with Crippen LogP contribution in [0.4, 0.5) is 0 Å². The van der Waals surface area contributed by atoms with Gasteiger partial charge in [-0.25, -0.2) is 8.42 Å². The minimum absolute atomic E-state index is 0.0232. The zero-order valence-corrected chi connectivity index (χ0v) is 18.3. The molecule has 3 rings (SSSR count). The summed E-state index contributed by atoms with van der Waals surface area (Å²) < 4.78 is 27.1. The molecule has 8 heteroatoms. The lowest BCUT2D eigenvalue weighted by Crippen LogP contribution is -2.49. The molecule has 0 atom stereocenters. The quantitative estimate of drug-likeness (QED) is 0.681. The van der Waals surface area contributed by atoms with E-state index in [9.17, 15) is 13.2 Å². The molecule has 1 aromatic rings. The van der Waals surface area contributed by atoms with Gasteiger partial charge in [0.25, 0.3) is 5.91 Å². The van der Waals surface area contributed by atoms with Crippen molar-refractivity contribution in [3.63, 3.8) is 0 Å². The van der Waals surface area contributed by atoms with Crippen molar-refractivity contribution in [2.75, 3.05) is 64.7 Å². The largest absolute Gasteiger partial charge is 0.336 e. The summed E-state index contributed by atoms with van der Waals surface area (Å²) in [4.78, 5) is 17.3. The Hall–Kier alpha value is -1.48. The number of piperidine rings is 1. The van der Waals surface area contributed by atoms with E-state index in [0.29, 0.717) is 38.3 Å². The van der Waals surface area contributed by atoms with E-state index in [-0.39, 0.29) is 18.2 Å². The zero-order valence-electron chi connectivity index (χ0n) is 17.5. The van der Waals surface area contributed by atoms with Crippen LogP contribution in [0.1, 0.15) is 35.2 Å². The predicted molar refractivity (Wildman–Crippen MR) is 116 cm³/mol. The highest BCUT2D eigenvalue weighted by Crippen LogP contribution is 2.13. The summed E-state index contributed by atoms with van der Waals surface area (Å²) >= 11 is 0. The molecule has 1 amide bonds. The molecule has 0 spiro atoms. The van der Waals surface area contributed by atoms with Crippen molar-refractivity contribution >= 4 is 15.9 Å². The van der Waals surface area contributed by atoms with Crippen LogP contribution in [-0.4, -0.2) is 93.1 Å². The van der Waals surface area contributed by atoms with Crippen LogP contribution in [0.15, 0.2) is 24.3 Å². The highest BCUT2D eigenvalue weighted by molar-refractivity contribution is 7.89. The summed E-state index contributed by atoms with van der Waals surface area (Å²) in [5.74, 6) is -0.0967. The number of nitrogens with zero attached hydrogens (tertiary/aromatic N) is 3. The topological polar surface area (TPSA) is 73.0 Å². The number of sulfonamides is 1. The van der Waals surface area contributed by atoms with Crippen molar-refractivity contribution < 1.29 is 13.2 Å². The van der Waals surface area contributed by atoms with Gasteiger partial charge in [-0.2, -0.15) is 4.31 Å². The molecular formula is C21H34N4O3S. The standard InChI is InChI=1S/C21H34N4O3S/c1-19-7-3-4-8-20(19)21(26)24(16-15-23-11-5-2-6-12-23)17-18-29(27,28)25-13-9-22-10-14-25/h3-4,7-8,22H,2,5-6,9-18H2,1H3. The van der Waals surface area contributed by atoms with E-state index in [4.69, 9.17) is 0 Å². The maximum atomic E-state index is 13.2. The van der Waals surface area contributed by atoms with Gasteiger partial charge in [0.15, 0.2) is 0 Å². The first kappa shape index (κ1) is 22.2. The Labute approximate surface area is 175 Å². The van der Waals surface area contributed by atoms with Gasteiger partial charge in [0, 0.05) is 51.4 Å². The maximum Gasteiger partial charge on any atom is 0.254 e. The van der Waals surface area contributed by atoms with Crippen molar-refractivity contribution in [3.8, 4) is 0 Å². The van der Waals surface area contributed by atoms with Gasteiger partial charge in [-0.1, -0.05) is 24.6 Å². The second kappa shape index (κ2) is 10.5. The Morgan fingerprint density at radius 3 is 2.41 bits per heavy atom. The number of rotatable bonds is 8. The summed E-state index contributed by atoms with van der Waals surface area (Å²) in [7, 11) is -3.36. The van der Waals surface area contributed by atoms with Crippen molar-refractivity contribution in [2.24, 2.45) is 0 Å². The van der Waals surface area contributed by atoms with Gasteiger partial charge in [0.05, 0.1) is 5.75 Å². The molecule has 162 valence electrons. The second-order valence-corrected chi connectivity index (χ2v) is 10.1. The van der Waals surface area contributed by atoms with Crippen molar-refractivity contribution in [1.82, 2.24) is 19.4 Å². The molecule has 2 heterocycles. The van der Waals surface area contributed by atoms with Gasteiger partial charge < -0.3 is 15.1 Å². The van der Waals surface area contributed by atoms with Crippen LogP contribution in [0.25, 0.3) is 0 Å². The highest BCUT2D eigenvalue weighted by Gasteiger charge is 2.26. The fraction of sp³-hybridized carbons (Fsp3) is 0.667. The van der Waals surface area contributed by atoms with E-state index in [0.717, 1.165) is 25.2 Å². The first-order valence-corrected chi connectivity index (χ1v) is 12.3. The SMILES string of the molecule is Cc1ccccc1C(=O)N(CCN1CCCCC1)CCS(=O)(=O)N1CCNCC1. The van der Waals surface area contributed by atoms with Crippen LogP contribution < -0.4 is 5.32 Å². The van der Waals surface area contributed by atoms with E-state index in [1.807, 2.05) is 31.2 Å². The summed E-state index contributed by atoms with van der Waals surface area (Å²) in [5.41, 5.74) is 1.58. The zero-order chi connectivity index (χ0) is 20.7. The molecule has 0 bridgehead atoms. The minimum Gasteiger partial charge on any atom is -0.336 e. The molecule has 7 nitrogen and oxygen atoms in total. The molecule has 29 heavy (non-hydrogen) atoms. The molecule has 1 N–H and O–H groups in total. The third kappa shape index (κ3) is 6.25. The van der Waals surface area contributed by atoms with Crippen LogP contribution in [-0.2, 0) is 10.0 Å². The number of nitrogens with one attached hydrogen (secondary N) is 1. The van der Waals surface area contributed by atoms with Gasteiger partial charge >= 0.3 is 0 Å². The van der Waals surface area contributed by atoms with Crippen LogP contribution >= 0.6 is 0 Å². The average Bonchev–Trinajstić information content (AvgIpc) is 2.75. The summed E-state index contributed by atoms with van der Waals surface area (Å²) in [5, 5.41) is 3.18. The fourth-order valence-electron chi connectivity index (χ4n) is 4.02. The third-order valence-corrected chi connectivity index (χ3v) is 7.74. The minimum atomic E-state index is -3.36. The average molecular weight is 423 g/mol. The van der Waals surface area contributed by atoms with Gasteiger partial charge in [-0.15, -0.1) is 0 Å². The highest BCUT2D eigenvalue weighted by atomic mass is 32.2. The third-order valence-electron chi connectivity index (χ3n) is 5.89. The molecule has 2 saturated heterocycles. The van der Waals surface area contributed by atoms with Crippen LogP contribution in [0.3, 0.4) is 0 Å². The van der Waals surface area contributed by atoms with Crippen molar-refractivity contribution in [3.05, 3.63) is 35.4 Å². The lowest BCUT2D eigenvalue weighted by atomic mass is 10.1. The monoisotopic (exact) mass is 422 g/mol. The molecular weight excluding hydrogens is 388 g/mol. The number of aryl methyl sites for hydroxylation is 1. The van der Waals surface area contributed by atoms with Gasteiger partial charge in [-0.3, -0.25) is 4.79 Å². The van der Waals surface area contributed by atoms with Crippen LogP contribution in [0.2, 0.25) is 0 Å². The second-order valence-electron chi connectivity index (χ2n) is 7.97. The Balaban J connectivity index is 1.67. The van der Waals surface area contributed by atoms with Gasteiger partial charge in [0.1, 0.15) is 0 Å². The Morgan fingerprint density at radius 1 is 1.03 bits per heavy atom. The number of amides is 1. The lowest BCUT2D eigenvalue weighted by molar-refractivity contribution is 0.0739. The summed E-state index contributed by atoms with van der Waals surface area (Å²) in [6.45, 7) is 8.00. The molecule has 1 aromatic carbocycles. The Kier molecular flexibility index (Phi) is 8.06. The number of piperazine rings is 1. The van der Waals surface area contributed by atoms with Crippen molar-refractivity contribution in [2.45, 2.75) is 26.2 Å². The molecule has 0 saturated carbocycles. The van der Waals surface area contributed by atoms with Gasteiger partial charge in [-0.05, 0) is 44.5 Å². The number of carbonyl (C=O) groups is 1. The number of hydrogen-bond donors (Lipinski definition) is 1. The van der Waals surface area contributed by atoms with E-state index in [1.54, 1.807) is 9.21 Å². The summed E-state index contributed by atoms with van der Waals surface area (Å²) in [6, 6.07) is 7.53. The summed E-state index contributed by atoms with van der Waals surface area (Å²) in [6.07, 6.45) is 3.66. The molecule has 0 unspecified atom stereocenters. The molecule has 0 aromatic heterocycles. The van der Waals surface area contributed by atoms with Crippen LogP contribution in [0.5, 0.6) is 0 Å². The first-order chi connectivity index (χ1) is 14.0. The Bertz CT molecular complexity index is 772. The van der Waals surface area contributed by atoms with Crippen molar-refractivity contribution in [1.29, 1.82) is 0 Å². The molecule has 2 aliphatic rings. The lowest BCUT2D eigenvalue weighted by Gasteiger charge is -2.31. The smallest absolute Gasteiger partial charge is 0.254 e. The van der Waals surface area contributed by atoms with E-state index in [1.165, 1.54) is 19.3 Å². The normalized spacial score (nSPS) is 19.2. The number of hydrogen-bond acceptors (Lipinski definition) is 5. The molecule has 2 fully saturated rings. The van der Waals surface area contributed by atoms with E-state index >= 15 is 0 Å². The predicted octanol–water partition coefficient (Wildman–Crippen LogP) is 1.16. The number of carbonyl (C=O) groups excluding carboxylic acids is 1. The van der Waals surface area contributed by atoms with Crippen LogP contribution in [0, 0.1) is 6.92 Å². The fourth-order valence-corrected chi connectivity index (χ4v) is 5.47. The maximum absolute atomic E-state index is 13.2. The van der Waals surface area contributed by atoms with Gasteiger partial charge in [0.2, 0.25) is 10.0 Å². The number of benzene rings is 1. The number of likely N-dealkylation sites (tertiary alicyclic amines) is 1. The van der Waals surface area contributed by atoms with E-state index in [2.05, 4.69) is 10.2 Å². The Morgan fingerprint density at radius 2 is 1.72 bits per heavy atom.